The van der Waals surface area contributed by atoms with Crippen molar-refractivity contribution in [1.29, 1.82) is 0 Å². The molecule has 17 heavy (non-hydrogen) atoms. The van der Waals surface area contributed by atoms with Gasteiger partial charge in [0.15, 0.2) is 0 Å². The predicted molar refractivity (Wildman–Crippen MR) is 69.2 cm³/mol. The lowest BCUT2D eigenvalue weighted by atomic mass is 10.2. The average Bonchev–Trinajstić information content (AvgIpc) is 2.94. The summed E-state index contributed by atoms with van der Waals surface area (Å²) in [4.78, 5) is 0.239. The summed E-state index contributed by atoms with van der Waals surface area (Å²) in [5.41, 5.74) is 5.57. The highest BCUT2D eigenvalue weighted by Gasteiger charge is 2.36. The zero-order valence-electron chi connectivity index (χ0n) is 9.59. The van der Waals surface area contributed by atoms with Crippen LogP contribution in [-0.4, -0.2) is 37.9 Å². The molecule has 2 fully saturated rings. The van der Waals surface area contributed by atoms with Gasteiger partial charge in [-0.2, -0.15) is 0 Å². The van der Waals surface area contributed by atoms with E-state index in [1.807, 2.05) is 0 Å². The minimum absolute atomic E-state index is 0.0127. The smallest absolute Gasteiger partial charge is 0.214 e. The molecule has 5 nitrogen and oxygen atoms in total. The first-order chi connectivity index (χ1) is 7.98. The molecule has 1 heterocycles. The number of hydrogen-bond acceptors (Lipinski definition) is 4. The Morgan fingerprint density at radius 3 is 2.65 bits per heavy atom. The molecule has 2 aliphatic rings. The van der Waals surface area contributed by atoms with Crippen LogP contribution in [0.3, 0.4) is 0 Å². The minimum Gasteiger partial charge on any atom is -0.392 e. The summed E-state index contributed by atoms with van der Waals surface area (Å²) in [5, 5.41) is 0. The Kier molecular flexibility index (Phi) is 4.02. The van der Waals surface area contributed by atoms with Gasteiger partial charge in [-0.05, 0) is 31.6 Å². The van der Waals surface area contributed by atoms with Crippen LogP contribution in [0.5, 0.6) is 0 Å². The van der Waals surface area contributed by atoms with Crippen molar-refractivity contribution in [2.45, 2.75) is 37.8 Å². The van der Waals surface area contributed by atoms with Gasteiger partial charge < -0.3 is 10.5 Å². The van der Waals surface area contributed by atoms with E-state index in [1.54, 1.807) is 0 Å². The lowest BCUT2D eigenvalue weighted by Gasteiger charge is -2.18. The fraction of sp³-hybridized carbons (Fsp3) is 0.900. The molecule has 7 heteroatoms. The van der Waals surface area contributed by atoms with E-state index in [2.05, 4.69) is 4.72 Å². The van der Waals surface area contributed by atoms with Gasteiger partial charge in [0.2, 0.25) is 10.0 Å². The summed E-state index contributed by atoms with van der Waals surface area (Å²) in [7, 11) is -3.36. The highest BCUT2D eigenvalue weighted by molar-refractivity contribution is 7.89. The summed E-state index contributed by atoms with van der Waals surface area (Å²) >= 11 is 4.90. The summed E-state index contributed by atoms with van der Waals surface area (Å²) in [6.07, 6.45) is 3.54. The molecular weight excluding hydrogens is 260 g/mol. The third kappa shape index (κ3) is 3.87. The molecule has 0 amide bonds. The molecule has 0 aromatic heterocycles. The third-order valence-corrected chi connectivity index (χ3v) is 4.81. The van der Waals surface area contributed by atoms with Crippen molar-refractivity contribution in [1.82, 2.24) is 4.72 Å². The molecule has 0 spiro atoms. The van der Waals surface area contributed by atoms with Crippen molar-refractivity contribution in [3.05, 3.63) is 0 Å². The molecule has 1 aliphatic heterocycles. The molecular formula is C10H18N2O3S2. The van der Waals surface area contributed by atoms with Gasteiger partial charge in [-0.25, -0.2) is 13.1 Å². The molecule has 2 unspecified atom stereocenters. The SMILES string of the molecule is NC(=S)C(NS(=O)(=O)CC1CCCO1)C1CC1. The van der Waals surface area contributed by atoms with Crippen molar-refractivity contribution in [3.63, 3.8) is 0 Å². The maximum atomic E-state index is 11.9. The van der Waals surface area contributed by atoms with E-state index in [0.29, 0.717) is 6.61 Å². The number of thiocarbonyl (C=S) groups is 1. The van der Waals surface area contributed by atoms with Crippen LogP contribution in [0.1, 0.15) is 25.7 Å². The molecule has 0 bridgehead atoms. The number of sulfonamides is 1. The van der Waals surface area contributed by atoms with Crippen LogP contribution in [0.15, 0.2) is 0 Å². The monoisotopic (exact) mass is 278 g/mol. The molecule has 0 aromatic carbocycles. The van der Waals surface area contributed by atoms with Gasteiger partial charge in [0.25, 0.3) is 0 Å². The lowest BCUT2D eigenvalue weighted by Crippen LogP contribution is -2.47. The Balaban J connectivity index is 1.92. The predicted octanol–water partition coefficient (Wildman–Crippen LogP) is 0.149. The van der Waals surface area contributed by atoms with Gasteiger partial charge in [0.1, 0.15) is 0 Å². The van der Waals surface area contributed by atoms with E-state index in [0.717, 1.165) is 25.7 Å². The maximum absolute atomic E-state index is 11.9. The molecule has 98 valence electrons. The van der Waals surface area contributed by atoms with Crippen molar-refractivity contribution >= 4 is 27.2 Å². The molecule has 2 atom stereocenters. The molecule has 2 rings (SSSR count). The summed E-state index contributed by atoms with van der Waals surface area (Å²) in [6.45, 7) is 0.654. The second-order valence-electron chi connectivity index (χ2n) is 4.75. The molecule has 0 radical (unpaired) electrons. The third-order valence-electron chi connectivity index (χ3n) is 3.14. The highest BCUT2D eigenvalue weighted by Crippen LogP contribution is 2.33. The second kappa shape index (κ2) is 5.17. The number of ether oxygens (including phenoxy) is 1. The molecule has 1 saturated carbocycles. The van der Waals surface area contributed by atoms with Gasteiger partial charge >= 0.3 is 0 Å². The normalized spacial score (nSPS) is 26.9. The van der Waals surface area contributed by atoms with Crippen LogP contribution in [0, 0.1) is 5.92 Å². The topological polar surface area (TPSA) is 81.4 Å². The van der Waals surface area contributed by atoms with E-state index in [-0.39, 0.29) is 28.8 Å². The van der Waals surface area contributed by atoms with Gasteiger partial charge in [0, 0.05) is 6.61 Å². The number of rotatable bonds is 6. The van der Waals surface area contributed by atoms with Crippen LogP contribution in [0.4, 0.5) is 0 Å². The molecule has 1 saturated heterocycles. The van der Waals surface area contributed by atoms with Crippen LogP contribution < -0.4 is 10.5 Å². The van der Waals surface area contributed by atoms with Crippen molar-refractivity contribution in [2.24, 2.45) is 11.7 Å². The largest absolute Gasteiger partial charge is 0.392 e. The van der Waals surface area contributed by atoms with Crippen LogP contribution in [0.25, 0.3) is 0 Å². The number of nitrogens with two attached hydrogens (primary N) is 1. The first-order valence-corrected chi connectivity index (χ1v) is 7.95. The average molecular weight is 278 g/mol. The van der Waals surface area contributed by atoms with E-state index < -0.39 is 10.0 Å². The zero-order valence-corrected chi connectivity index (χ0v) is 11.2. The number of hydrogen-bond donors (Lipinski definition) is 2. The molecule has 0 aromatic rings. The van der Waals surface area contributed by atoms with Crippen LogP contribution in [0.2, 0.25) is 0 Å². The van der Waals surface area contributed by atoms with Gasteiger partial charge in [-0.15, -0.1) is 0 Å². The Hall–Kier alpha value is -0.240. The summed E-state index contributed by atoms with van der Waals surface area (Å²) in [6, 6.07) is -0.378. The minimum atomic E-state index is -3.36. The van der Waals surface area contributed by atoms with E-state index in [9.17, 15) is 8.42 Å². The van der Waals surface area contributed by atoms with Gasteiger partial charge in [-0.1, -0.05) is 12.2 Å². The van der Waals surface area contributed by atoms with E-state index >= 15 is 0 Å². The highest BCUT2D eigenvalue weighted by atomic mass is 32.2. The van der Waals surface area contributed by atoms with Crippen molar-refractivity contribution < 1.29 is 13.2 Å². The standard InChI is InChI=1S/C10H18N2O3S2/c11-10(16)9(7-3-4-7)12-17(13,14)6-8-2-1-5-15-8/h7-9,12H,1-6H2,(H2,11,16). The molecule has 1 aliphatic carbocycles. The Morgan fingerprint density at radius 1 is 1.47 bits per heavy atom. The Morgan fingerprint density at radius 2 is 2.18 bits per heavy atom. The van der Waals surface area contributed by atoms with Crippen molar-refractivity contribution in [3.8, 4) is 0 Å². The fourth-order valence-corrected chi connectivity index (χ4v) is 3.96. The first kappa shape index (κ1) is 13.2. The van der Waals surface area contributed by atoms with Gasteiger partial charge in [-0.3, -0.25) is 0 Å². The fourth-order valence-electron chi connectivity index (χ4n) is 2.08. The Labute approximate surface area is 107 Å². The zero-order chi connectivity index (χ0) is 12.5. The molecule has 3 N–H and O–H groups in total. The van der Waals surface area contributed by atoms with Gasteiger partial charge in [0.05, 0.1) is 22.9 Å². The van der Waals surface area contributed by atoms with E-state index in [1.165, 1.54) is 0 Å². The maximum Gasteiger partial charge on any atom is 0.214 e. The first-order valence-electron chi connectivity index (χ1n) is 5.89. The second-order valence-corrected chi connectivity index (χ2v) is 7.02. The Bertz CT molecular complexity index is 386. The van der Waals surface area contributed by atoms with Crippen LogP contribution >= 0.6 is 12.2 Å². The van der Waals surface area contributed by atoms with Crippen LogP contribution in [-0.2, 0) is 14.8 Å². The number of nitrogens with one attached hydrogen (secondary N) is 1. The van der Waals surface area contributed by atoms with Crippen molar-refractivity contribution in [2.75, 3.05) is 12.4 Å². The van der Waals surface area contributed by atoms with E-state index in [4.69, 9.17) is 22.7 Å². The summed E-state index contributed by atoms with van der Waals surface area (Å²) < 4.78 is 31.8. The lowest BCUT2D eigenvalue weighted by molar-refractivity contribution is 0.127. The summed E-state index contributed by atoms with van der Waals surface area (Å²) in [5.74, 6) is 0.297. The quantitative estimate of drug-likeness (QED) is 0.676.